The molecular formula is C19H25N3O5. The number of nitrogens with zero attached hydrogens (tertiary/aromatic N) is 2. The molecule has 0 fully saturated rings. The van der Waals surface area contributed by atoms with Crippen LogP contribution in [0.5, 0.6) is 11.5 Å². The van der Waals surface area contributed by atoms with Gasteiger partial charge in [-0.3, -0.25) is 4.79 Å². The average molecular weight is 375 g/mol. The minimum atomic E-state index is -0.249. The molecule has 3 rings (SSSR count). The molecule has 1 aliphatic rings. The lowest BCUT2D eigenvalue weighted by Crippen LogP contribution is -2.09. The number of aromatic nitrogens is 2. The third-order valence-electron chi connectivity index (χ3n) is 4.42. The molecule has 0 saturated carbocycles. The lowest BCUT2D eigenvalue weighted by molar-refractivity contribution is -0.143. The third kappa shape index (κ3) is 4.39. The van der Waals surface area contributed by atoms with Crippen molar-refractivity contribution >= 4 is 5.97 Å². The summed E-state index contributed by atoms with van der Waals surface area (Å²) in [5.41, 5.74) is 7.09. The molecule has 1 unspecified atom stereocenters. The monoisotopic (exact) mass is 375 g/mol. The summed E-state index contributed by atoms with van der Waals surface area (Å²) < 4.78 is 21.7. The highest BCUT2D eigenvalue weighted by molar-refractivity contribution is 5.75. The van der Waals surface area contributed by atoms with E-state index in [0.717, 1.165) is 18.4 Å². The van der Waals surface area contributed by atoms with E-state index in [1.807, 2.05) is 19.1 Å². The summed E-state index contributed by atoms with van der Waals surface area (Å²) in [4.78, 5) is 16.4. The van der Waals surface area contributed by atoms with Crippen molar-refractivity contribution in [3.8, 4) is 23.0 Å². The number of ether oxygens (including phenoxy) is 3. The van der Waals surface area contributed by atoms with E-state index in [4.69, 9.17) is 24.5 Å². The summed E-state index contributed by atoms with van der Waals surface area (Å²) in [5, 5.41) is 4.07. The quantitative estimate of drug-likeness (QED) is 0.526. The van der Waals surface area contributed by atoms with E-state index < -0.39 is 0 Å². The molecule has 27 heavy (non-hydrogen) atoms. The first-order chi connectivity index (χ1) is 13.1. The van der Waals surface area contributed by atoms with Crippen molar-refractivity contribution in [3.63, 3.8) is 0 Å². The number of carbonyl (C=O) groups excluding carboxylic acids is 1. The zero-order chi connectivity index (χ0) is 19.2. The summed E-state index contributed by atoms with van der Waals surface area (Å²) in [7, 11) is 0. The Bertz CT molecular complexity index is 790. The van der Waals surface area contributed by atoms with Gasteiger partial charge in [0.05, 0.1) is 18.6 Å². The number of carbonyl (C=O) groups is 1. The summed E-state index contributed by atoms with van der Waals surface area (Å²) in [6.45, 7) is 4.87. The molecule has 1 aromatic carbocycles. The van der Waals surface area contributed by atoms with Gasteiger partial charge < -0.3 is 24.5 Å². The predicted octanol–water partition coefficient (Wildman–Crippen LogP) is 2.80. The number of fused-ring (bicyclic) bond motifs is 1. The standard InChI is InChI=1S/C19H25N3O5/c1-3-24-16(23)10-12(2)13-7-8-14-18(26-11-25-14)17(13)19-21-15(22-27-19)6-4-5-9-20/h7-8,12H,3-6,9-11,20H2,1-2H3. The number of unbranched alkanes of at least 4 members (excludes halogenated alkanes) is 1. The minimum Gasteiger partial charge on any atom is -0.466 e. The second kappa shape index (κ2) is 8.85. The molecule has 1 aliphatic heterocycles. The number of aryl methyl sites for hydroxylation is 1. The zero-order valence-electron chi connectivity index (χ0n) is 15.7. The van der Waals surface area contributed by atoms with E-state index in [1.54, 1.807) is 6.92 Å². The number of benzene rings is 1. The first-order valence-electron chi connectivity index (χ1n) is 9.25. The molecule has 0 aliphatic carbocycles. The Balaban J connectivity index is 1.91. The highest BCUT2D eigenvalue weighted by Crippen LogP contribution is 2.45. The largest absolute Gasteiger partial charge is 0.466 e. The van der Waals surface area contributed by atoms with Crippen LogP contribution in [0.3, 0.4) is 0 Å². The molecule has 2 N–H and O–H groups in total. The van der Waals surface area contributed by atoms with Crippen LogP contribution in [0.15, 0.2) is 16.7 Å². The summed E-state index contributed by atoms with van der Waals surface area (Å²) in [6.07, 6.45) is 2.75. The highest BCUT2D eigenvalue weighted by Gasteiger charge is 2.28. The molecule has 0 saturated heterocycles. The van der Waals surface area contributed by atoms with Crippen LogP contribution in [0, 0.1) is 0 Å². The fourth-order valence-corrected chi connectivity index (χ4v) is 3.08. The highest BCUT2D eigenvalue weighted by atomic mass is 16.7. The first kappa shape index (κ1) is 19.2. The Labute approximate surface area is 158 Å². The predicted molar refractivity (Wildman–Crippen MR) is 97.5 cm³/mol. The van der Waals surface area contributed by atoms with Gasteiger partial charge in [-0.25, -0.2) is 0 Å². The van der Waals surface area contributed by atoms with Gasteiger partial charge in [-0.2, -0.15) is 4.98 Å². The summed E-state index contributed by atoms with van der Waals surface area (Å²) >= 11 is 0. The van der Waals surface area contributed by atoms with Crippen molar-refractivity contribution in [3.05, 3.63) is 23.5 Å². The number of rotatable bonds is 9. The van der Waals surface area contributed by atoms with Crippen molar-refractivity contribution < 1.29 is 23.5 Å². The van der Waals surface area contributed by atoms with Gasteiger partial charge in [-0.1, -0.05) is 18.1 Å². The molecule has 2 aromatic rings. The number of hydrogen-bond acceptors (Lipinski definition) is 8. The van der Waals surface area contributed by atoms with Crippen LogP contribution in [-0.4, -0.2) is 36.1 Å². The van der Waals surface area contributed by atoms with Gasteiger partial charge in [0.25, 0.3) is 5.89 Å². The Hall–Kier alpha value is -2.61. The smallest absolute Gasteiger partial charge is 0.306 e. The molecule has 0 spiro atoms. The number of nitrogens with two attached hydrogens (primary N) is 1. The van der Waals surface area contributed by atoms with Crippen molar-refractivity contribution in [1.82, 2.24) is 10.1 Å². The number of esters is 1. The maximum atomic E-state index is 11.9. The zero-order valence-corrected chi connectivity index (χ0v) is 15.7. The van der Waals surface area contributed by atoms with Crippen molar-refractivity contribution in [2.24, 2.45) is 5.73 Å². The van der Waals surface area contributed by atoms with E-state index >= 15 is 0 Å². The maximum Gasteiger partial charge on any atom is 0.306 e. The lowest BCUT2D eigenvalue weighted by atomic mass is 9.92. The topological polar surface area (TPSA) is 110 Å². The Morgan fingerprint density at radius 1 is 1.33 bits per heavy atom. The van der Waals surface area contributed by atoms with Crippen LogP contribution in [-0.2, 0) is 16.0 Å². The Morgan fingerprint density at radius 3 is 2.96 bits per heavy atom. The van der Waals surface area contributed by atoms with Gasteiger partial charge in [0.15, 0.2) is 17.3 Å². The van der Waals surface area contributed by atoms with E-state index in [9.17, 15) is 4.79 Å². The van der Waals surface area contributed by atoms with Crippen LogP contribution in [0.1, 0.15) is 50.4 Å². The van der Waals surface area contributed by atoms with Gasteiger partial charge in [0, 0.05) is 6.42 Å². The molecule has 8 heteroatoms. The van der Waals surface area contributed by atoms with Gasteiger partial charge in [-0.15, -0.1) is 0 Å². The summed E-state index contributed by atoms with van der Waals surface area (Å²) in [5.74, 6) is 1.83. The molecule has 0 radical (unpaired) electrons. The van der Waals surface area contributed by atoms with Crippen molar-refractivity contribution in [2.45, 2.75) is 45.4 Å². The summed E-state index contributed by atoms with van der Waals surface area (Å²) in [6, 6.07) is 3.74. The SMILES string of the molecule is CCOC(=O)CC(C)c1ccc2c(c1-c1nc(CCCCN)no1)OCO2. The second-order valence-corrected chi connectivity index (χ2v) is 6.44. The molecule has 1 aromatic heterocycles. The van der Waals surface area contributed by atoms with Crippen LogP contribution in [0.4, 0.5) is 0 Å². The fourth-order valence-electron chi connectivity index (χ4n) is 3.08. The molecule has 2 heterocycles. The molecule has 8 nitrogen and oxygen atoms in total. The van der Waals surface area contributed by atoms with Crippen LogP contribution >= 0.6 is 0 Å². The van der Waals surface area contributed by atoms with Crippen LogP contribution < -0.4 is 15.2 Å². The number of hydrogen-bond donors (Lipinski definition) is 1. The van der Waals surface area contributed by atoms with Crippen molar-refractivity contribution in [1.29, 1.82) is 0 Å². The molecule has 1 atom stereocenters. The van der Waals surface area contributed by atoms with Gasteiger partial charge in [-0.05, 0) is 43.9 Å². The van der Waals surface area contributed by atoms with E-state index in [-0.39, 0.29) is 25.1 Å². The molecule has 0 amide bonds. The maximum absolute atomic E-state index is 11.9. The second-order valence-electron chi connectivity index (χ2n) is 6.44. The lowest BCUT2D eigenvalue weighted by Gasteiger charge is -2.15. The normalized spacial score (nSPS) is 13.6. The molecular weight excluding hydrogens is 350 g/mol. The fraction of sp³-hybridized carbons (Fsp3) is 0.526. The third-order valence-corrected chi connectivity index (χ3v) is 4.42. The molecule has 0 bridgehead atoms. The van der Waals surface area contributed by atoms with Gasteiger partial charge >= 0.3 is 5.97 Å². The van der Waals surface area contributed by atoms with E-state index in [0.29, 0.717) is 48.4 Å². The minimum absolute atomic E-state index is 0.110. The Kier molecular flexibility index (Phi) is 6.28. The van der Waals surface area contributed by atoms with Gasteiger partial charge in [0.1, 0.15) is 0 Å². The van der Waals surface area contributed by atoms with Crippen molar-refractivity contribution in [2.75, 3.05) is 19.9 Å². The van der Waals surface area contributed by atoms with E-state index in [2.05, 4.69) is 10.1 Å². The first-order valence-corrected chi connectivity index (χ1v) is 9.25. The van der Waals surface area contributed by atoms with E-state index in [1.165, 1.54) is 0 Å². The average Bonchev–Trinajstić information content (AvgIpc) is 3.30. The Morgan fingerprint density at radius 2 is 2.19 bits per heavy atom. The van der Waals surface area contributed by atoms with Gasteiger partial charge in [0.2, 0.25) is 6.79 Å². The van der Waals surface area contributed by atoms with Crippen LogP contribution in [0.25, 0.3) is 11.5 Å². The van der Waals surface area contributed by atoms with Crippen LogP contribution in [0.2, 0.25) is 0 Å². The molecule has 146 valence electrons.